The second kappa shape index (κ2) is 4.31. The second-order valence-corrected chi connectivity index (χ2v) is 4.26. The van der Waals surface area contributed by atoms with Crippen molar-refractivity contribution in [3.05, 3.63) is 47.5 Å². The van der Waals surface area contributed by atoms with Crippen molar-refractivity contribution in [2.24, 2.45) is 0 Å². The Morgan fingerprint density at radius 1 is 1.05 bits per heavy atom. The second-order valence-electron chi connectivity index (χ2n) is 4.26. The van der Waals surface area contributed by atoms with E-state index in [2.05, 4.69) is 0 Å². The Bertz CT molecular complexity index is 661. The van der Waals surface area contributed by atoms with Crippen LogP contribution in [0.4, 0.5) is 0 Å². The Labute approximate surface area is 110 Å². The third-order valence-corrected chi connectivity index (χ3v) is 3.00. The Balaban J connectivity index is 2.15. The highest BCUT2D eigenvalue weighted by Gasteiger charge is 2.24. The molecule has 0 unspecified atom stereocenters. The molecule has 0 bridgehead atoms. The zero-order chi connectivity index (χ0) is 13.4. The number of rotatable bonds is 1. The fourth-order valence-corrected chi connectivity index (χ4v) is 1.99. The van der Waals surface area contributed by atoms with Gasteiger partial charge in [0.15, 0.2) is 11.5 Å². The molecule has 4 heteroatoms. The van der Waals surface area contributed by atoms with Gasteiger partial charge < -0.3 is 14.2 Å². The molecule has 3 rings (SSSR count). The molecule has 0 atom stereocenters. The first kappa shape index (κ1) is 11.6. The number of hydrogen-bond donors (Lipinski definition) is 0. The molecule has 4 nitrogen and oxygen atoms in total. The normalized spacial score (nSPS) is 12.6. The van der Waals surface area contributed by atoms with Gasteiger partial charge in [0.25, 0.3) is 0 Å². The average molecular weight is 256 g/mol. The number of benzene rings is 2. The van der Waals surface area contributed by atoms with Crippen LogP contribution in [0, 0.1) is 6.92 Å². The summed E-state index contributed by atoms with van der Waals surface area (Å²) in [5.74, 6) is 1.59. The van der Waals surface area contributed by atoms with Crippen LogP contribution in [0.25, 0.3) is 0 Å². The van der Waals surface area contributed by atoms with Crippen LogP contribution in [0.3, 0.4) is 0 Å². The molecule has 1 aliphatic rings. The van der Waals surface area contributed by atoms with E-state index >= 15 is 0 Å². The minimum atomic E-state index is -0.425. The van der Waals surface area contributed by atoms with Crippen LogP contribution in [0.1, 0.15) is 15.9 Å². The summed E-state index contributed by atoms with van der Waals surface area (Å²) in [6, 6.07) is 10.5. The Kier molecular flexibility index (Phi) is 2.63. The quantitative estimate of drug-likeness (QED) is 0.580. The summed E-state index contributed by atoms with van der Waals surface area (Å²) < 4.78 is 16.2. The standard InChI is InChI=1S/C15H12O4/c1-9-4-3-5-11-14(9)18-12-7-6-10(17-2)8-13(12)19-15(11)16/h3-8H,1-2H3. The number of methoxy groups -OCH3 is 1. The first-order chi connectivity index (χ1) is 9.19. The fourth-order valence-electron chi connectivity index (χ4n) is 1.99. The molecule has 1 aliphatic heterocycles. The molecule has 0 spiro atoms. The van der Waals surface area contributed by atoms with E-state index in [0.29, 0.717) is 28.6 Å². The Hall–Kier alpha value is -2.49. The van der Waals surface area contributed by atoms with Crippen LogP contribution in [0.5, 0.6) is 23.0 Å². The first-order valence-corrected chi connectivity index (χ1v) is 5.87. The maximum atomic E-state index is 12.1. The lowest BCUT2D eigenvalue weighted by Crippen LogP contribution is -2.07. The molecule has 0 amide bonds. The van der Waals surface area contributed by atoms with Crippen LogP contribution in [0.15, 0.2) is 36.4 Å². The van der Waals surface area contributed by atoms with Crippen molar-refractivity contribution in [2.45, 2.75) is 6.92 Å². The van der Waals surface area contributed by atoms with Gasteiger partial charge in [0.05, 0.1) is 7.11 Å². The van der Waals surface area contributed by atoms with Gasteiger partial charge in [-0.15, -0.1) is 0 Å². The summed E-state index contributed by atoms with van der Waals surface area (Å²) in [4.78, 5) is 12.1. The van der Waals surface area contributed by atoms with E-state index in [-0.39, 0.29) is 0 Å². The van der Waals surface area contributed by atoms with Gasteiger partial charge in [-0.2, -0.15) is 0 Å². The molecule has 0 N–H and O–H groups in total. The van der Waals surface area contributed by atoms with Crippen LogP contribution >= 0.6 is 0 Å². The number of fused-ring (bicyclic) bond motifs is 2. The van der Waals surface area contributed by atoms with E-state index in [9.17, 15) is 4.79 Å². The smallest absolute Gasteiger partial charge is 0.347 e. The minimum Gasteiger partial charge on any atom is -0.497 e. The van der Waals surface area contributed by atoms with E-state index in [1.165, 1.54) is 0 Å². The molecular formula is C15H12O4. The third kappa shape index (κ3) is 1.91. The molecule has 2 aromatic carbocycles. The summed E-state index contributed by atoms with van der Waals surface area (Å²) in [6.45, 7) is 1.89. The van der Waals surface area contributed by atoms with Gasteiger partial charge in [0, 0.05) is 6.07 Å². The van der Waals surface area contributed by atoms with Crippen molar-refractivity contribution < 1.29 is 19.0 Å². The van der Waals surface area contributed by atoms with E-state index in [1.807, 2.05) is 13.0 Å². The number of esters is 1. The van der Waals surface area contributed by atoms with Gasteiger partial charge in [-0.25, -0.2) is 4.79 Å². The molecule has 0 saturated heterocycles. The monoisotopic (exact) mass is 256 g/mol. The molecule has 0 aromatic heterocycles. The van der Waals surface area contributed by atoms with E-state index in [4.69, 9.17) is 14.2 Å². The Morgan fingerprint density at radius 3 is 2.68 bits per heavy atom. The zero-order valence-electron chi connectivity index (χ0n) is 10.6. The lowest BCUT2D eigenvalue weighted by atomic mass is 10.1. The van der Waals surface area contributed by atoms with E-state index in [1.54, 1.807) is 37.4 Å². The average Bonchev–Trinajstić information content (AvgIpc) is 2.55. The number of carbonyl (C=O) groups is 1. The topological polar surface area (TPSA) is 44.8 Å². The van der Waals surface area contributed by atoms with Crippen molar-refractivity contribution in [2.75, 3.05) is 7.11 Å². The van der Waals surface area contributed by atoms with Gasteiger partial charge in [-0.05, 0) is 30.7 Å². The van der Waals surface area contributed by atoms with E-state index < -0.39 is 5.97 Å². The SMILES string of the molecule is COc1ccc2c(c1)OC(=O)c1cccc(C)c1O2. The molecule has 2 aromatic rings. The maximum absolute atomic E-state index is 12.1. The summed E-state index contributed by atoms with van der Waals surface area (Å²) in [7, 11) is 1.56. The lowest BCUT2D eigenvalue weighted by molar-refractivity contribution is 0.0737. The number of aryl methyl sites for hydroxylation is 1. The number of hydrogen-bond acceptors (Lipinski definition) is 4. The van der Waals surface area contributed by atoms with Gasteiger partial charge in [0.1, 0.15) is 17.1 Å². The van der Waals surface area contributed by atoms with Crippen molar-refractivity contribution in [3.8, 4) is 23.0 Å². The van der Waals surface area contributed by atoms with Gasteiger partial charge in [-0.3, -0.25) is 0 Å². The molecular weight excluding hydrogens is 244 g/mol. The summed E-state index contributed by atoms with van der Waals surface area (Å²) in [5.41, 5.74) is 1.31. The number of para-hydroxylation sites is 1. The van der Waals surface area contributed by atoms with Gasteiger partial charge in [-0.1, -0.05) is 12.1 Å². The third-order valence-electron chi connectivity index (χ3n) is 3.00. The van der Waals surface area contributed by atoms with Gasteiger partial charge in [0.2, 0.25) is 0 Å². The fraction of sp³-hybridized carbons (Fsp3) is 0.133. The van der Waals surface area contributed by atoms with Crippen molar-refractivity contribution in [1.82, 2.24) is 0 Å². The van der Waals surface area contributed by atoms with Crippen LogP contribution in [0.2, 0.25) is 0 Å². The molecule has 96 valence electrons. The summed E-state index contributed by atoms with van der Waals surface area (Å²) >= 11 is 0. The van der Waals surface area contributed by atoms with Gasteiger partial charge >= 0.3 is 5.97 Å². The first-order valence-electron chi connectivity index (χ1n) is 5.87. The van der Waals surface area contributed by atoms with Crippen LogP contribution in [-0.2, 0) is 0 Å². The van der Waals surface area contributed by atoms with E-state index in [0.717, 1.165) is 5.56 Å². The molecule has 0 fully saturated rings. The lowest BCUT2D eigenvalue weighted by Gasteiger charge is -2.09. The number of ether oxygens (including phenoxy) is 3. The largest absolute Gasteiger partial charge is 0.497 e. The zero-order valence-corrected chi connectivity index (χ0v) is 10.6. The molecule has 0 saturated carbocycles. The highest BCUT2D eigenvalue weighted by atomic mass is 16.6. The van der Waals surface area contributed by atoms with Crippen molar-refractivity contribution >= 4 is 5.97 Å². The van der Waals surface area contributed by atoms with Crippen LogP contribution in [-0.4, -0.2) is 13.1 Å². The highest BCUT2D eigenvalue weighted by Crippen LogP contribution is 2.40. The molecule has 0 radical (unpaired) electrons. The van der Waals surface area contributed by atoms with Crippen molar-refractivity contribution in [3.63, 3.8) is 0 Å². The maximum Gasteiger partial charge on any atom is 0.347 e. The summed E-state index contributed by atoms with van der Waals surface area (Å²) in [6.07, 6.45) is 0. The minimum absolute atomic E-state index is 0.361. The molecule has 19 heavy (non-hydrogen) atoms. The predicted molar refractivity (Wildman–Crippen MR) is 69.2 cm³/mol. The number of carbonyl (C=O) groups excluding carboxylic acids is 1. The van der Waals surface area contributed by atoms with Crippen molar-refractivity contribution in [1.29, 1.82) is 0 Å². The molecule has 0 aliphatic carbocycles. The highest BCUT2D eigenvalue weighted by molar-refractivity contribution is 5.95. The Morgan fingerprint density at radius 2 is 1.89 bits per heavy atom. The predicted octanol–water partition coefficient (Wildman–Crippen LogP) is 3.33. The molecule has 1 heterocycles. The van der Waals surface area contributed by atoms with Crippen LogP contribution < -0.4 is 14.2 Å². The summed E-state index contributed by atoms with van der Waals surface area (Å²) in [5, 5.41) is 0.